The highest BCUT2D eigenvalue weighted by Crippen LogP contribution is 2.21. The third kappa shape index (κ3) is 3.79. The van der Waals surface area contributed by atoms with Crippen molar-refractivity contribution < 1.29 is 19.8 Å². The number of aliphatic hydroxyl groups excluding tert-OH is 2. The molecular weight excluding hydrogens is 260 g/mol. The largest absolute Gasteiger partial charge is 0.390 e. The molecule has 5 N–H and O–H groups in total. The minimum Gasteiger partial charge on any atom is -0.390 e. The molecule has 6 heteroatoms. The van der Waals surface area contributed by atoms with Gasteiger partial charge < -0.3 is 21.3 Å². The van der Waals surface area contributed by atoms with Crippen LogP contribution >= 0.6 is 0 Å². The maximum Gasteiger partial charge on any atom is 0.251 e. The smallest absolute Gasteiger partial charge is 0.251 e. The monoisotopic (exact) mass is 278 g/mol. The fraction of sp³-hybridized carbons (Fsp3) is 0.429. The summed E-state index contributed by atoms with van der Waals surface area (Å²) in [6.45, 7) is 0. The third-order valence-electron chi connectivity index (χ3n) is 3.20. The van der Waals surface area contributed by atoms with Crippen molar-refractivity contribution in [1.82, 2.24) is 5.32 Å². The lowest BCUT2D eigenvalue weighted by molar-refractivity contribution is -0.121. The summed E-state index contributed by atoms with van der Waals surface area (Å²) in [5, 5.41) is 22.3. The SMILES string of the molecule is NC(=O)CC(O)C(O)c1ccc(C(=O)NC2CC2)cc1. The standard InChI is InChI=1S/C14H18N2O4/c15-12(18)7-11(17)13(19)8-1-3-9(4-2-8)14(20)16-10-5-6-10/h1-4,10-11,13,17,19H,5-7H2,(H2,15,18)(H,16,20). The van der Waals surface area contributed by atoms with Gasteiger partial charge in [0.25, 0.3) is 5.91 Å². The Bertz CT molecular complexity index is 496. The second-order valence-electron chi connectivity index (χ2n) is 5.05. The van der Waals surface area contributed by atoms with E-state index in [0.29, 0.717) is 11.1 Å². The number of primary amides is 1. The molecule has 2 unspecified atom stereocenters. The Hall–Kier alpha value is -1.92. The first kappa shape index (κ1) is 14.5. The van der Waals surface area contributed by atoms with Gasteiger partial charge in [-0.1, -0.05) is 12.1 Å². The maximum atomic E-state index is 11.8. The van der Waals surface area contributed by atoms with Crippen molar-refractivity contribution >= 4 is 11.8 Å². The summed E-state index contributed by atoms with van der Waals surface area (Å²) >= 11 is 0. The summed E-state index contributed by atoms with van der Waals surface area (Å²) in [7, 11) is 0. The summed E-state index contributed by atoms with van der Waals surface area (Å²) in [6.07, 6.45) is -0.740. The van der Waals surface area contributed by atoms with Crippen LogP contribution in [0.1, 0.15) is 41.3 Å². The molecule has 2 amide bonds. The molecule has 108 valence electrons. The third-order valence-corrected chi connectivity index (χ3v) is 3.20. The van der Waals surface area contributed by atoms with E-state index < -0.39 is 18.1 Å². The molecule has 0 saturated heterocycles. The van der Waals surface area contributed by atoms with Gasteiger partial charge in [0.2, 0.25) is 5.91 Å². The normalized spacial score (nSPS) is 17.3. The lowest BCUT2D eigenvalue weighted by atomic mass is 10.0. The van der Waals surface area contributed by atoms with Crippen molar-refractivity contribution in [1.29, 1.82) is 0 Å². The Kier molecular flexibility index (Phi) is 4.36. The van der Waals surface area contributed by atoms with E-state index in [0.717, 1.165) is 12.8 Å². The van der Waals surface area contributed by atoms with Crippen molar-refractivity contribution in [3.05, 3.63) is 35.4 Å². The molecule has 0 heterocycles. The molecule has 1 aliphatic carbocycles. The van der Waals surface area contributed by atoms with Crippen LogP contribution in [0.25, 0.3) is 0 Å². The molecule has 1 aromatic rings. The zero-order valence-corrected chi connectivity index (χ0v) is 11.0. The van der Waals surface area contributed by atoms with Gasteiger partial charge in [-0.15, -0.1) is 0 Å². The fourth-order valence-electron chi connectivity index (χ4n) is 1.87. The number of hydrogen-bond donors (Lipinski definition) is 4. The van der Waals surface area contributed by atoms with Crippen LogP contribution in [-0.4, -0.2) is 34.2 Å². The van der Waals surface area contributed by atoms with Crippen LogP contribution in [0.15, 0.2) is 24.3 Å². The van der Waals surface area contributed by atoms with E-state index in [2.05, 4.69) is 5.32 Å². The van der Waals surface area contributed by atoms with Crippen LogP contribution in [0, 0.1) is 0 Å². The Morgan fingerprint density at radius 2 is 1.85 bits per heavy atom. The lowest BCUT2D eigenvalue weighted by Crippen LogP contribution is -2.26. The van der Waals surface area contributed by atoms with Gasteiger partial charge in [-0.05, 0) is 30.5 Å². The highest BCUT2D eigenvalue weighted by molar-refractivity contribution is 5.94. The molecular formula is C14H18N2O4. The summed E-state index contributed by atoms with van der Waals surface area (Å²) < 4.78 is 0. The fourth-order valence-corrected chi connectivity index (χ4v) is 1.87. The van der Waals surface area contributed by atoms with Crippen molar-refractivity contribution in [3.63, 3.8) is 0 Å². The van der Waals surface area contributed by atoms with E-state index in [4.69, 9.17) is 5.73 Å². The predicted molar refractivity (Wildman–Crippen MR) is 71.7 cm³/mol. The molecule has 0 aromatic heterocycles. The molecule has 0 spiro atoms. The van der Waals surface area contributed by atoms with Gasteiger partial charge in [-0.3, -0.25) is 9.59 Å². The van der Waals surface area contributed by atoms with E-state index in [1.807, 2.05) is 0 Å². The first-order valence-corrected chi connectivity index (χ1v) is 6.52. The number of carbonyl (C=O) groups excluding carboxylic acids is 2. The van der Waals surface area contributed by atoms with E-state index in [-0.39, 0.29) is 18.4 Å². The van der Waals surface area contributed by atoms with Gasteiger partial charge in [0.05, 0.1) is 12.5 Å². The zero-order chi connectivity index (χ0) is 14.7. The van der Waals surface area contributed by atoms with Gasteiger partial charge in [-0.25, -0.2) is 0 Å². The number of carbonyl (C=O) groups is 2. The minimum atomic E-state index is -1.25. The van der Waals surface area contributed by atoms with Crippen LogP contribution in [-0.2, 0) is 4.79 Å². The number of hydrogen-bond acceptors (Lipinski definition) is 4. The number of nitrogens with two attached hydrogens (primary N) is 1. The molecule has 0 radical (unpaired) electrons. The number of nitrogens with one attached hydrogen (secondary N) is 1. The van der Waals surface area contributed by atoms with Crippen LogP contribution in [0.4, 0.5) is 0 Å². The Morgan fingerprint density at radius 3 is 2.35 bits per heavy atom. The van der Waals surface area contributed by atoms with Gasteiger partial charge in [-0.2, -0.15) is 0 Å². The Balaban J connectivity index is 1.99. The second kappa shape index (κ2) is 6.02. The molecule has 2 rings (SSSR count). The average Bonchev–Trinajstić information content (AvgIpc) is 3.21. The zero-order valence-electron chi connectivity index (χ0n) is 11.0. The Labute approximate surface area is 116 Å². The highest BCUT2D eigenvalue weighted by atomic mass is 16.3. The van der Waals surface area contributed by atoms with Crippen molar-refractivity contribution in [2.75, 3.05) is 0 Å². The molecule has 1 saturated carbocycles. The van der Waals surface area contributed by atoms with Crippen molar-refractivity contribution in [3.8, 4) is 0 Å². The lowest BCUT2D eigenvalue weighted by Gasteiger charge is -2.17. The summed E-state index contributed by atoms with van der Waals surface area (Å²) in [5.41, 5.74) is 5.89. The van der Waals surface area contributed by atoms with Crippen LogP contribution in [0.5, 0.6) is 0 Å². The van der Waals surface area contributed by atoms with Gasteiger partial charge in [0, 0.05) is 11.6 Å². The molecule has 0 bridgehead atoms. The topological polar surface area (TPSA) is 113 Å². The minimum absolute atomic E-state index is 0.147. The average molecular weight is 278 g/mol. The van der Waals surface area contributed by atoms with Crippen molar-refractivity contribution in [2.45, 2.75) is 37.5 Å². The predicted octanol–water partition coefficient (Wildman–Crippen LogP) is -0.152. The first-order valence-electron chi connectivity index (χ1n) is 6.52. The molecule has 6 nitrogen and oxygen atoms in total. The second-order valence-corrected chi connectivity index (χ2v) is 5.05. The van der Waals surface area contributed by atoms with E-state index in [9.17, 15) is 19.8 Å². The summed E-state index contributed by atoms with van der Waals surface area (Å²) in [5.74, 6) is -0.830. The summed E-state index contributed by atoms with van der Waals surface area (Å²) in [4.78, 5) is 22.5. The first-order chi connectivity index (χ1) is 9.47. The number of rotatable bonds is 6. The van der Waals surface area contributed by atoms with Gasteiger partial charge in [0.15, 0.2) is 0 Å². The highest BCUT2D eigenvalue weighted by Gasteiger charge is 2.24. The molecule has 1 fully saturated rings. The molecule has 20 heavy (non-hydrogen) atoms. The van der Waals surface area contributed by atoms with Gasteiger partial charge >= 0.3 is 0 Å². The molecule has 1 aliphatic rings. The number of benzene rings is 1. The Morgan fingerprint density at radius 1 is 1.25 bits per heavy atom. The number of amides is 2. The molecule has 1 aromatic carbocycles. The molecule has 0 aliphatic heterocycles. The quantitative estimate of drug-likeness (QED) is 0.579. The summed E-state index contributed by atoms with van der Waals surface area (Å²) in [6, 6.07) is 6.54. The molecule has 2 atom stereocenters. The van der Waals surface area contributed by atoms with E-state index in [1.165, 1.54) is 0 Å². The van der Waals surface area contributed by atoms with Crippen LogP contribution < -0.4 is 11.1 Å². The van der Waals surface area contributed by atoms with E-state index in [1.54, 1.807) is 24.3 Å². The van der Waals surface area contributed by atoms with Crippen molar-refractivity contribution in [2.24, 2.45) is 5.73 Å². The van der Waals surface area contributed by atoms with Crippen LogP contribution in [0.2, 0.25) is 0 Å². The van der Waals surface area contributed by atoms with Gasteiger partial charge in [0.1, 0.15) is 6.10 Å². The number of aliphatic hydroxyl groups is 2. The van der Waals surface area contributed by atoms with Crippen LogP contribution in [0.3, 0.4) is 0 Å². The maximum absolute atomic E-state index is 11.8. The van der Waals surface area contributed by atoms with E-state index >= 15 is 0 Å².